The molecule has 0 fully saturated rings. The maximum Gasteiger partial charge on any atom is 0.408 e. The topological polar surface area (TPSA) is 84.4 Å². The van der Waals surface area contributed by atoms with Gasteiger partial charge in [-0.05, 0) is 51.7 Å². The highest BCUT2D eigenvalue weighted by atomic mass is 35.5. The molecule has 3 aromatic rings. The molecule has 2 heterocycles. The Morgan fingerprint density at radius 1 is 1.19 bits per heavy atom. The Balaban J connectivity index is 2.15. The minimum atomic E-state index is -4.65. The molecule has 0 spiro atoms. The zero-order chi connectivity index (χ0) is 23.8. The fraction of sp³-hybridized carbons (Fsp3) is 0.421. The van der Waals surface area contributed by atoms with Crippen molar-refractivity contribution in [3.05, 3.63) is 40.8 Å². The van der Waals surface area contributed by atoms with Crippen LogP contribution >= 0.6 is 11.6 Å². The van der Waals surface area contributed by atoms with Gasteiger partial charge in [-0.15, -0.1) is 0 Å². The SMILES string of the molecule is CC(Nc1c(-c2c(F)cc(C(N)CCN(C)C)cc2F)c(Cl)nc2ncnn12)C(F)(F)F. The number of nitrogens with two attached hydrogens (primary N) is 1. The van der Waals surface area contributed by atoms with Gasteiger partial charge in [0.1, 0.15) is 35.0 Å². The van der Waals surface area contributed by atoms with Gasteiger partial charge >= 0.3 is 6.18 Å². The van der Waals surface area contributed by atoms with Gasteiger partial charge in [-0.2, -0.15) is 32.8 Å². The average molecular weight is 478 g/mol. The van der Waals surface area contributed by atoms with Gasteiger partial charge in [0.05, 0.1) is 11.1 Å². The summed E-state index contributed by atoms with van der Waals surface area (Å²) in [6.07, 6.45) is -3.18. The first-order valence-corrected chi connectivity index (χ1v) is 9.90. The molecule has 0 aliphatic carbocycles. The summed E-state index contributed by atoms with van der Waals surface area (Å²) in [6.45, 7) is 1.44. The fourth-order valence-electron chi connectivity index (χ4n) is 3.07. The zero-order valence-corrected chi connectivity index (χ0v) is 18.1. The van der Waals surface area contributed by atoms with Crippen molar-refractivity contribution in [1.29, 1.82) is 0 Å². The van der Waals surface area contributed by atoms with E-state index in [0.29, 0.717) is 13.0 Å². The number of hydrogen-bond acceptors (Lipinski definition) is 6. The number of alkyl halides is 3. The summed E-state index contributed by atoms with van der Waals surface area (Å²) in [7, 11) is 3.67. The summed E-state index contributed by atoms with van der Waals surface area (Å²) in [5, 5.41) is 5.56. The Kier molecular flexibility index (Phi) is 6.86. The second kappa shape index (κ2) is 9.12. The van der Waals surface area contributed by atoms with Crippen LogP contribution in [-0.2, 0) is 0 Å². The van der Waals surface area contributed by atoms with Gasteiger partial charge in [-0.3, -0.25) is 0 Å². The van der Waals surface area contributed by atoms with Crippen molar-refractivity contribution in [2.45, 2.75) is 31.6 Å². The van der Waals surface area contributed by atoms with Crippen LogP contribution < -0.4 is 11.1 Å². The van der Waals surface area contributed by atoms with Crippen LogP contribution in [0.4, 0.5) is 27.8 Å². The Labute approximate surface area is 185 Å². The van der Waals surface area contributed by atoms with Gasteiger partial charge in [-0.25, -0.2) is 8.78 Å². The van der Waals surface area contributed by atoms with Crippen LogP contribution in [0.5, 0.6) is 0 Å². The highest BCUT2D eigenvalue weighted by Gasteiger charge is 2.37. The van der Waals surface area contributed by atoms with E-state index >= 15 is 8.78 Å². The summed E-state index contributed by atoms with van der Waals surface area (Å²) in [5.74, 6) is -2.64. The average Bonchev–Trinajstić information content (AvgIpc) is 3.14. The lowest BCUT2D eigenvalue weighted by molar-refractivity contribution is -0.138. The molecular weight excluding hydrogens is 457 g/mol. The molecule has 3 N–H and O–H groups in total. The molecule has 2 aromatic heterocycles. The van der Waals surface area contributed by atoms with Gasteiger partial charge in [0.2, 0.25) is 0 Å². The predicted molar refractivity (Wildman–Crippen MR) is 110 cm³/mol. The molecule has 2 unspecified atom stereocenters. The third-order valence-electron chi connectivity index (χ3n) is 4.86. The highest BCUT2D eigenvalue weighted by Crippen LogP contribution is 2.39. The van der Waals surface area contributed by atoms with E-state index in [-0.39, 0.29) is 11.3 Å². The van der Waals surface area contributed by atoms with Gasteiger partial charge < -0.3 is 16.0 Å². The van der Waals surface area contributed by atoms with Gasteiger partial charge in [0.25, 0.3) is 5.78 Å². The van der Waals surface area contributed by atoms with Gasteiger partial charge in [0, 0.05) is 6.04 Å². The van der Waals surface area contributed by atoms with E-state index in [1.165, 1.54) is 0 Å². The normalized spacial score (nSPS) is 14.2. The maximum atomic E-state index is 15.1. The number of nitrogens with one attached hydrogen (secondary N) is 1. The van der Waals surface area contributed by atoms with Crippen LogP contribution in [0.3, 0.4) is 0 Å². The summed E-state index contributed by atoms with van der Waals surface area (Å²) in [5.41, 5.74) is 5.18. The molecular formula is C19H21ClF5N7. The molecule has 32 heavy (non-hydrogen) atoms. The molecule has 0 aliphatic heterocycles. The Bertz CT molecular complexity index is 1090. The first-order chi connectivity index (χ1) is 14.9. The van der Waals surface area contributed by atoms with Crippen molar-refractivity contribution in [2.75, 3.05) is 26.0 Å². The van der Waals surface area contributed by atoms with Crippen LogP contribution in [0.25, 0.3) is 16.9 Å². The van der Waals surface area contributed by atoms with Crippen molar-refractivity contribution in [3.8, 4) is 11.1 Å². The molecule has 1 aromatic carbocycles. The Hall–Kier alpha value is -2.57. The van der Waals surface area contributed by atoms with Crippen LogP contribution in [0.2, 0.25) is 5.15 Å². The lowest BCUT2D eigenvalue weighted by atomic mass is 9.98. The van der Waals surface area contributed by atoms with E-state index in [4.69, 9.17) is 17.3 Å². The van der Waals surface area contributed by atoms with E-state index in [1.54, 1.807) is 0 Å². The zero-order valence-electron chi connectivity index (χ0n) is 17.4. The molecule has 0 radical (unpaired) electrons. The monoisotopic (exact) mass is 477 g/mol. The van der Waals surface area contributed by atoms with Crippen molar-refractivity contribution in [1.82, 2.24) is 24.5 Å². The van der Waals surface area contributed by atoms with Crippen molar-refractivity contribution >= 4 is 23.2 Å². The van der Waals surface area contributed by atoms with Crippen LogP contribution in [0.1, 0.15) is 24.9 Å². The number of halogens is 6. The summed E-state index contributed by atoms with van der Waals surface area (Å²) in [6, 6.07) is -0.656. The second-order valence-corrected chi connectivity index (χ2v) is 7.92. The smallest absolute Gasteiger partial charge is 0.358 e. The number of nitrogens with zero attached hydrogens (tertiary/aromatic N) is 5. The van der Waals surface area contributed by atoms with Crippen molar-refractivity contribution in [3.63, 3.8) is 0 Å². The molecule has 0 aliphatic rings. The number of aromatic nitrogens is 4. The van der Waals surface area contributed by atoms with E-state index in [0.717, 1.165) is 29.9 Å². The minimum absolute atomic E-state index is 0.140. The second-order valence-electron chi connectivity index (χ2n) is 7.56. The van der Waals surface area contributed by atoms with E-state index in [9.17, 15) is 13.2 Å². The standard InChI is InChI=1S/C19H21ClF5N7/c1-9(19(23,24)25)29-17-15(16(20)30-18-27-8-28-32(17)18)14-11(21)6-10(7-12(14)22)13(26)4-5-31(2)3/h6-9,13,29H,4-5,26H2,1-3H3. The molecule has 2 atom stereocenters. The van der Waals surface area contributed by atoms with Crippen molar-refractivity contribution in [2.24, 2.45) is 5.73 Å². The molecule has 0 amide bonds. The van der Waals surface area contributed by atoms with Crippen LogP contribution in [0, 0.1) is 11.6 Å². The van der Waals surface area contributed by atoms with Gasteiger partial charge in [0.15, 0.2) is 0 Å². The lowest BCUT2D eigenvalue weighted by Gasteiger charge is -2.22. The number of anilines is 1. The Morgan fingerprint density at radius 2 is 1.81 bits per heavy atom. The number of benzene rings is 1. The summed E-state index contributed by atoms with van der Waals surface area (Å²) < 4.78 is 70.8. The molecule has 0 saturated carbocycles. The third kappa shape index (κ3) is 4.92. The molecule has 3 rings (SSSR count). The molecule has 174 valence electrons. The Morgan fingerprint density at radius 3 is 2.38 bits per heavy atom. The predicted octanol–water partition coefficient (Wildman–Crippen LogP) is 4.04. The fourth-order valence-corrected chi connectivity index (χ4v) is 3.33. The maximum absolute atomic E-state index is 15.1. The first kappa shape index (κ1) is 24.1. The van der Waals surface area contributed by atoms with E-state index in [1.807, 2.05) is 19.0 Å². The number of fused-ring (bicyclic) bond motifs is 1. The molecule has 0 bridgehead atoms. The highest BCUT2D eigenvalue weighted by molar-refractivity contribution is 6.33. The number of hydrogen-bond donors (Lipinski definition) is 2. The largest absolute Gasteiger partial charge is 0.408 e. The number of rotatable bonds is 7. The molecule has 13 heteroatoms. The quantitative estimate of drug-likeness (QED) is 0.395. The molecule has 0 saturated heterocycles. The molecule has 7 nitrogen and oxygen atoms in total. The summed E-state index contributed by atoms with van der Waals surface area (Å²) >= 11 is 6.15. The van der Waals surface area contributed by atoms with Crippen LogP contribution in [0.15, 0.2) is 18.5 Å². The first-order valence-electron chi connectivity index (χ1n) is 9.52. The summed E-state index contributed by atoms with van der Waals surface area (Å²) in [4.78, 5) is 9.56. The minimum Gasteiger partial charge on any atom is -0.358 e. The van der Waals surface area contributed by atoms with Gasteiger partial charge in [-0.1, -0.05) is 11.6 Å². The van der Waals surface area contributed by atoms with Crippen molar-refractivity contribution < 1.29 is 22.0 Å². The van der Waals surface area contributed by atoms with E-state index < -0.39 is 52.0 Å². The third-order valence-corrected chi connectivity index (χ3v) is 5.13. The van der Waals surface area contributed by atoms with Crippen LogP contribution in [-0.4, -0.2) is 57.3 Å². The lowest BCUT2D eigenvalue weighted by Crippen LogP contribution is -2.34. The van der Waals surface area contributed by atoms with E-state index in [2.05, 4.69) is 20.4 Å².